The molecule has 2 aromatic rings. The fourth-order valence-corrected chi connectivity index (χ4v) is 7.89. The van der Waals surface area contributed by atoms with Gasteiger partial charge in [-0.3, -0.25) is 4.90 Å². The van der Waals surface area contributed by atoms with E-state index in [1.54, 1.807) is 6.42 Å². The molecule has 3 heteroatoms. The molecule has 4 fully saturated rings. The molecule has 2 saturated carbocycles. The first kappa shape index (κ1) is 18.4. The molecule has 1 aromatic carbocycles. The first-order valence-electron chi connectivity index (χ1n) is 12.5. The van der Waals surface area contributed by atoms with Crippen LogP contribution in [0.15, 0.2) is 24.3 Å². The molecule has 0 spiro atoms. The molecule has 0 radical (unpaired) electrons. The van der Waals surface area contributed by atoms with Crippen molar-refractivity contribution in [1.82, 2.24) is 14.5 Å². The highest BCUT2D eigenvalue weighted by Gasteiger charge is 2.45. The number of hydrogen-bond acceptors (Lipinski definition) is 2. The molecule has 4 aliphatic rings. The molecule has 2 aliphatic heterocycles. The van der Waals surface area contributed by atoms with Crippen LogP contribution in [0.25, 0.3) is 11.0 Å². The Balaban J connectivity index is 1.29. The van der Waals surface area contributed by atoms with Gasteiger partial charge in [0, 0.05) is 30.6 Å². The van der Waals surface area contributed by atoms with Gasteiger partial charge in [0.1, 0.15) is 5.82 Å². The maximum absolute atomic E-state index is 5.00. The van der Waals surface area contributed by atoms with E-state index in [4.69, 9.17) is 4.98 Å². The second kappa shape index (κ2) is 7.41. The highest BCUT2D eigenvalue weighted by molar-refractivity contribution is 5.76. The van der Waals surface area contributed by atoms with Gasteiger partial charge in [-0.15, -0.1) is 0 Å². The predicted octanol–water partition coefficient (Wildman–Crippen LogP) is 6.13. The largest absolute Gasteiger partial charge is 0.325 e. The Kier molecular flexibility index (Phi) is 4.71. The van der Waals surface area contributed by atoms with Crippen LogP contribution in [0.2, 0.25) is 0 Å². The second-order valence-corrected chi connectivity index (χ2v) is 10.6. The molecule has 3 nitrogen and oxygen atoms in total. The van der Waals surface area contributed by atoms with Crippen molar-refractivity contribution in [3.05, 3.63) is 30.1 Å². The zero-order chi connectivity index (χ0) is 19.4. The SMILES string of the molecule is CCc1nc2ccccc2n1C1C[C@H]2CCC[C@@H](C1)N2C1C[C@H]2CCC[C@@H](C1)C2. The summed E-state index contributed by atoms with van der Waals surface area (Å²) in [6.45, 7) is 2.27. The van der Waals surface area contributed by atoms with Gasteiger partial charge < -0.3 is 4.57 Å². The van der Waals surface area contributed by atoms with Crippen LogP contribution in [-0.4, -0.2) is 32.6 Å². The predicted molar refractivity (Wildman–Crippen MR) is 119 cm³/mol. The number of piperidine rings is 2. The minimum Gasteiger partial charge on any atom is -0.325 e. The molecule has 3 heterocycles. The van der Waals surface area contributed by atoms with Gasteiger partial charge in [-0.05, 0) is 68.9 Å². The van der Waals surface area contributed by atoms with Crippen LogP contribution < -0.4 is 0 Å². The summed E-state index contributed by atoms with van der Waals surface area (Å²) in [6.07, 6.45) is 17.1. The lowest BCUT2D eigenvalue weighted by Gasteiger charge is -2.55. The topological polar surface area (TPSA) is 21.1 Å². The van der Waals surface area contributed by atoms with Crippen molar-refractivity contribution in [2.24, 2.45) is 11.8 Å². The number of fused-ring (bicyclic) bond motifs is 5. The molecule has 0 amide bonds. The smallest absolute Gasteiger partial charge is 0.109 e. The Hall–Kier alpha value is -1.35. The first-order chi connectivity index (χ1) is 14.3. The van der Waals surface area contributed by atoms with E-state index in [9.17, 15) is 0 Å². The average Bonchev–Trinajstić information content (AvgIpc) is 3.11. The fourth-order valence-electron chi connectivity index (χ4n) is 7.89. The van der Waals surface area contributed by atoms with E-state index in [1.165, 1.54) is 81.1 Å². The number of rotatable bonds is 3. The van der Waals surface area contributed by atoms with Crippen LogP contribution in [0, 0.1) is 11.8 Å². The maximum atomic E-state index is 5.00. The van der Waals surface area contributed by atoms with Gasteiger partial charge in [0.05, 0.1) is 11.0 Å². The summed E-state index contributed by atoms with van der Waals surface area (Å²) in [5, 5.41) is 0. The molecule has 6 rings (SSSR count). The van der Waals surface area contributed by atoms with Crippen molar-refractivity contribution in [2.75, 3.05) is 0 Å². The molecule has 156 valence electrons. The van der Waals surface area contributed by atoms with Crippen molar-refractivity contribution in [1.29, 1.82) is 0 Å². The molecule has 29 heavy (non-hydrogen) atoms. The van der Waals surface area contributed by atoms with Crippen LogP contribution in [-0.2, 0) is 6.42 Å². The normalized spacial score (nSPS) is 37.7. The summed E-state index contributed by atoms with van der Waals surface area (Å²) in [4.78, 5) is 8.08. The van der Waals surface area contributed by atoms with Gasteiger partial charge in [0.2, 0.25) is 0 Å². The number of para-hydroxylation sites is 2. The van der Waals surface area contributed by atoms with Crippen molar-refractivity contribution in [2.45, 2.75) is 108 Å². The van der Waals surface area contributed by atoms with Crippen molar-refractivity contribution in [3.63, 3.8) is 0 Å². The lowest BCUT2D eigenvalue weighted by atomic mass is 9.68. The third-order valence-electron chi connectivity index (χ3n) is 8.88. The average molecular weight is 392 g/mol. The summed E-state index contributed by atoms with van der Waals surface area (Å²) in [5.74, 6) is 3.38. The summed E-state index contributed by atoms with van der Waals surface area (Å²) < 4.78 is 2.65. The summed E-state index contributed by atoms with van der Waals surface area (Å²) in [7, 11) is 0. The van der Waals surface area contributed by atoms with E-state index in [1.807, 2.05) is 0 Å². The Labute approximate surface area is 175 Å². The van der Waals surface area contributed by atoms with E-state index in [0.717, 1.165) is 36.4 Å². The van der Waals surface area contributed by atoms with Gasteiger partial charge in [-0.2, -0.15) is 0 Å². The summed E-state index contributed by atoms with van der Waals surface area (Å²) in [5.41, 5.74) is 2.56. The van der Waals surface area contributed by atoms with Gasteiger partial charge in [-0.1, -0.05) is 44.7 Å². The second-order valence-electron chi connectivity index (χ2n) is 10.6. The molecule has 6 atom stereocenters. The third-order valence-corrected chi connectivity index (χ3v) is 8.88. The lowest BCUT2D eigenvalue weighted by molar-refractivity contribution is -0.0485. The zero-order valence-corrected chi connectivity index (χ0v) is 18.1. The quantitative estimate of drug-likeness (QED) is 0.628. The van der Waals surface area contributed by atoms with E-state index < -0.39 is 0 Å². The third kappa shape index (κ3) is 3.15. The van der Waals surface area contributed by atoms with E-state index in [2.05, 4.69) is 40.7 Å². The lowest BCUT2D eigenvalue weighted by Crippen LogP contribution is -2.58. The molecule has 2 saturated heterocycles. The summed E-state index contributed by atoms with van der Waals surface area (Å²) >= 11 is 0. The van der Waals surface area contributed by atoms with Crippen LogP contribution in [0.4, 0.5) is 0 Å². The van der Waals surface area contributed by atoms with E-state index >= 15 is 0 Å². The van der Waals surface area contributed by atoms with Crippen LogP contribution in [0.3, 0.4) is 0 Å². The van der Waals surface area contributed by atoms with Crippen molar-refractivity contribution < 1.29 is 0 Å². The molecule has 2 aliphatic carbocycles. The Bertz CT molecular complexity index is 844. The van der Waals surface area contributed by atoms with Gasteiger partial charge in [0.25, 0.3) is 0 Å². The van der Waals surface area contributed by atoms with Gasteiger partial charge >= 0.3 is 0 Å². The Morgan fingerprint density at radius 2 is 1.48 bits per heavy atom. The van der Waals surface area contributed by atoms with Crippen molar-refractivity contribution in [3.8, 4) is 0 Å². The minimum absolute atomic E-state index is 0.645. The Morgan fingerprint density at radius 3 is 2.21 bits per heavy atom. The van der Waals surface area contributed by atoms with Crippen LogP contribution in [0.5, 0.6) is 0 Å². The fraction of sp³-hybridized carbons (Fsp3) is 0.731. The van der Waals surface area contributed by atoms with Crippen LogP contribution in [0.1, 0.15) is 89.4 Å². The highest BCUT2D eigenvalue weighted by atomic mass is 15.3. The monoisotopic (exact) mass is 391 g/mol. The van der Waals surface area contributed by atoms with Crippen molar-refractivity contribution >= 4 is 11.0 Å². The Morgan fingerprint density at radius 1 is 0.793 bits per heavy atom. The summed E-state index contributed by atoms with van der Waals surface area (Å²) in [6, 6.07) is 12.0. The highest BCUT2D eigenvalue weighted by Crippen LogP contribution is 2.47. The molecule has 2 unspecified atom stereocenters. The van der Waals surface area contributed by atoms with E-state index in [0.29, 0.717) is 6.04 Å². The number of aryl methyl sites for hydroxylation is 1. The molecular weight excluding hydrogens is 354 g/mol. The minimum atomic E-state index is 0.645. The standard InChI is InChI=1S/C26H37N3/c1-2-26-27-24-11-3-4-12-25(24)29(26)23-16-20-9-6-10-21(17-23)28(20)22-14-18-7-5-8-19(13-18)15-22/h3-4,11-12,18-23H,2,5-10,13-17H2,1H3/t18-,19+,20-,21+,22?,23?. The van der Waals surface area contributed by atoms with Crippen LogP contribution >= 0.6 is 0 Å². The first-order valence-corrected chi connectivity index (χ1v) is 12.5. The molecule has 1 aromatic heterocycles. The number of benzene rings is 1. The van der Waals surface area contributed by atoms with Gasteiger partial charge in [-0.25, -0.2) is 4.98 Å². The maximum Gasteiger partial charge on any atom is 0.109 e. The van der Waals surface area contributed by atoms with Gasteiger partial charge in [0.15, 0.2) is 0 Å². The number of imidazole rings is 1. The molecule has 4 bridgehead atoms. The number of nitrogens with zero attached hydrogens (tertiary/aromatic N) is 3. The molecule has 0 N–H and O–H groups in total. The zero-order valence-electron chi connectivity index (χ0n) is 18.1. The van der Waals surface area contributed by atoms with E-state index in [-0.39, 0.29) is 0 Å². The number of hydrogen-bond donors (Lipinski definition) is 0. The molecular formula is C26H37N3. The number of aromatic nitrogens is 2.